The van der Waals surface area contributed by atoms with Gasteiger partial charge in [-0.05, 0) is 134 Å². The highest BCUT2D eigenvalue weighted by Crippen LogP contribution is 2.37. The molecule has 2 aliphatic heterocycles. The molecule has 0 radical (unpaired) electrons. The predicted molar refractivity (Wildman–Crippen MR) is 252 cm³/mol. The molecule has 6 atom stereocenters. The molecule has 4 bridgehead atoms. The molecule has 16 heteroatoms. The third-order valence-electron chi connectivity index (χ3n) is 14.0. The van der Waals surface area contributed by atoms with Crippen LogP contribution in [0.5, 0.6) is 0 Å². The molecule has 6 aromatic rings. The van der Waals surface area contributed by atoms with Crippen molar-refractivity contribution in [3.63, 3.8) is 0 Å². The van der Waals surface area contributed by atoms with E-state index in [0.717, 1.165) is 78.1 Å². The molecule has 6 aliphatic rings. The zero-order valence-electron chi connectivity index (χ0n) is 38.6. The predicted octanol–water partition coefficient (Wildman–Crippen LogP) is 7.41. The number of carbonyl (C=O) groups excluding carboxylic acids is 3. The smallest absolute Gasteiger partial charge is 0.407 e. The molecule has 0 unspecified atom stereocenters. The minimum Gasteiger partial charge on any atom is -0.465 e. The number of benzene rings is 4. The molecule has 5 N–H and O–H groups in total. The number of fused-ring (bicyclic) bond motifs is 2. The van der Waals surface area contributed by atoms with Gasteiger partial charge in [0.25, 0.3) is 0 Å². The van der Waals surface area contributed by atoms with Crippen molar-refractivity contribution < 1.29 is 38.5 Å². The molecule has 67 heavy (non-hydrogen) atoms. The van der Waals surface area contributed by atoms with Gasteiger partial charge in [0, 0.05) is 27.3 Å². The molecule has 4 aliphatic carbocycles. The van der Waals surface area contributed by atoms with E-state index in [2.05, 4.69) is 93.4 Å². The minimum absolute atomic E-state index is 0.239. The SMILES string of the molecule is COC(=O)N[C@H](C(=O)N1CCC[C@H]1c1nc2cc(-c3cc4ccc3CCc3ccc(c(-c5ccc6[nH]c([C@@H]7CCCN7C(=O)[C@@H](NC(=O)O)[C@@H](C)OC)nc6c5)c3)CC4)ccc2[nH]1)[C@@H](C)OC. The van der Waals surface area contributed by atoms with Crippen molar-refractivity contribution in [2.45, 2.75) is 102 Å². The number of nitrogens with one attached hydrogen (secondary N) is 4. The number of likely N-dealkylation sites (tertiary alicyclic amines) is 2. The van der Waals surface area contributed by atoms with E-state index in [-0.39, 0.29) is 23.9 Å². The van der Waals surface area contributed by atoms with E-state index in [9.17, 15) is 24.3 Å². The van der Waals surface area contributed by atoms with Crippen LogP contribution in [0.4, 0.5) is 9.59 Å². The number of H-pyrrole nitrogens is 2. The van der Waals surface area contributed by atoms with E-state index >= 15 is 0 Å². The number of methoxy groups -OCH3 is 3. The molecule has 2 fully saturated rings. The molecule has 350 valence electrons. The Balaban J connectivity index is 0.942. The Hall–Kier alpha value is -6.78. The molecular formula is C51H58N8O8. The maximum Gasteiger partial charge on any atom is 0.407 e. The van der Waals surface area contributed by atoms with Crippen molar-refractivity contribution in [1.29, 1.82) is 0 Å². The molecule has 4 heterocycles. The third kappa shape index (κ3) is 9.19. The van der Waals surface area contributed by atoms with Gasteiger partial charge in [-0.15, -0.1) is 0 Å². The molecule has 2 aromatic heterocycles. The number of ether oxygens (including phenoxy) is 3. The van der Waals surface area contributed by atoms with Gasteiger partial charge >= 0.3 is 12.2 Å². The zero-order chi connectivity index (χ0) is 46.9. The fourth-order valence-corrected chi connectivity index (χ4v) is 10.1. The average molecular weight is 911 g/mol. The van der Waals surface area contributed by atoms with Gasteiger partial charge in [0.1, 0.15) is 23.7 Å². The number of nitrogens with zero attached hydrogens (tertiary/aromatic N) is 4. The Morgan fingerprint density at radius 1 is 0.642 bits per heavy atom. The summed E-state index contributed by atoms with van der Waals surface area (Å²) in [6.07, 6.45) is 3.22. The lowest BCUT2D eigenvalue weighted by atomic mass is 9.87. The number of hydrogen-bond acceptors (Lipinski definition) is 9. The van der Waals surface area contributed by atoms with Crippen LogP contribution in [0.3, 0.4) is 0 Å². The highest BCUT2D eigenvalue weighted by Gasteiger charge is 2.40. The Morgan fingerprint density at radius 3 is 1.54 bits per heavy atom. The van der Waals surface area contributed by atoms with Gasteiger partial charge in [0.05, 0.1) is 53.5 Å². The number of aromatic amines is 2. The van der Waals surface area contributed by atoms with Crippen LogP contribution in [0.15, 0.2) is 72.8 Å². The van der Waals surface area contributed by atoms with Gasteiger partial charge in [-0.3, -0.25) is 9.59 Å². The van der Waals surface area contributed by atoms with Crippen LogP contribution in [-0.2, 0) is 49.5 Å². The molecule has 4 amide bonds. The van der Waals surface area contributed by atoms with Crippen LogP contribution in [0, 0.1) is 0 Å². The van der Waals surface area contributed by atoms with Crippen molar-refractivity contribution >= 4 is 46.1 Å². The Kier molecular flexibility index (Phi) is 13.0. The van der Waals surface area contributed by atoms with Crippen molar-refractivity contribution in [1.82, 2.24) is 40.4 Å². The summed E-state index contributed by atoms with van der Waals surface area (Å²) < 4.78 is 15.6. The standard InChI is InChI=1S/C51H58N8O8/c1-28(65-3)44(56-50(62)63)48(60)58-22-6-8-42(58)46-52-38-20-18-34(26-40(38)54-46)36-24-30-10-14-32(36)15-11-31-13-17-33(16-12-30)37(25-31)35-19-21-39-41(27-35)55-47(53-39)43-9-7-23-59(43)49(61)45(29(2)66-4)57-51(64)67-5/h10,13-14,17-21,24-29,42-45,56H,6-9,11-12,15-16,22-23H2,1-5H3,(H,52,54)(H,53,55)(H,57,64)(H,62,63)/t28-,29-,42+,43+,44+,45+/m1/s1. The Morgan fingerprint density at radius 2 is 1.10 bits per heavy atom. The minimum atomic E-state index is -1.28. The van der Waals surface area contributed by atoms with Gasteiger partial charge in [0.15, 0.2) is 0 Å². The van der Waals surface area contributed by atoms with Crippen molar-refractivity contribution in [2.75, 3.05) is 34.4 Å². The first-order chi connectivity index (χ1) is 32.4. The van der Waals surface area contributed by atoms with Gasteiger partial charge in [-0.25, -0.2) is 19.6 Å². The Labute approximate surface area is 388 Å². The van der Waals surface area contributed by atoms with Crippen LogP contribution in [0.1, 0.15) is 85.5 Å². The summed E-state index contributed by atoms with van der Waals surface area (Å²) in [7, 11) is 4.24. The number of amides is 4. The van der Waals surface area contributed by atoms with E-state index in [0.29, 0.717) is 31.2 Å². The van der Waals surface area contributed by atoms with Gasteiger partial charge < -0.3 is 49.7 Å². The van der Waals surface area contributed by atoms with E-state index in [1.807, 2.05) is 0 Å². The van der Waals surface area contributed by atoms with Gasteiger partial charge in [0.2, 0.25) is 11.8 Å². The molecular weight excluding hydrogens is 853 g/mol. The summed E-state index contributed by atoms with van der Waals surface area (Å²) in [6, 6.07) is 23.8. The second-order valence-corrected chi connectivity index (χ2v) is 18.0. The van der Waals surface area contributed by atoms with Crippen LogP contribution in [0.25, 0.3) is 44.3 Å². The summed E-state index contributed by atoms with van der Waals surface area (Å²) in [5.41, 5.74) is 12.9. The molecule has 2 saturated heterocycles. The first-order valence-corrected chi connectivity index (χ1v) is 23.2. The highest BCUT2D eigenvalue weighted by molar-refractivity contribution is 5.89. The average Bonchev–Trinajstić information content (AvgIpc) is 4.18. The van der Waals surface area contributed by atoms with Crippen molar-refractivity contribution in [3.8, 4) is 22.3 Å². The van der Waals surface area contributed by atoms with Crippen molar-refractivity contribution in [3.05, 3.63) is 107 Å². The normalized spacial score (nSPS) is 18.9. The maximum atomic E-state index is 13.9. The van der Waals surface area contributed by atoms with E-state index in [1.54, 1.807) is 23.6 Å². The van der Waals surface area contributed by atoms with Crippen LogP contribution in [0.2, 0.25) is 0 Å². The fourth-order valence-electron chi connectivity index (χ4n) is 10.1. The van der Waals surface area contributed by atoms with Gasteiger partial charge in [-0.1, -0.05) is 48.5 Å². The number of rotatable bonds is 12. The van der Waals surface area contributed by atoms with Gasteiger partial charge in [-0.2, -0.15) is 0 Å². The number of carbonyl (C=O) groups is 4. The van der Waals surface area contributed by atoms with Crippen molar-refractivity contribution in [2.24, 2.45) is 0 Å². The quantitative estimate of drug-likeness (QED) is 0.0823. The lowest BCUT2D eigenvalue weighted by Crippen LogP contribution is -2.54. The largest absolute Gasteiger partial charge is 0.465 e. The van der Waals surface area contributed by atoms with Crippen LogP contribution >= 0.6 is 0 Å². The number of carboxylic acid groups (broad SMARTS) is 1. The molecule has 0 saturated carbocycles. The summed E-state index contributed by atoms with van der Waals surface area (Å²) in [5, 5.41) is 14.5. The zero-order valence-corrected chi connectivity index (χ0v) is 38.6. The summed E-state index contributed by atoms with van der Waals surface area (Å²) >= 11 is 0. The second kappa shape index (κ2) is 19.2. The highest BCUT2D eigenvalue weighted by atomic mass is 16.5. The number of aromatic nitrogens is 4. The molecule has 4 aromatic carbocycles. The summed E-state index contributed by atoms with van der Waals surface area (Å²) in [4.78, 5) is 71.9. The monoisotopic (exact) mass is 910 g/mol. The fraction of sp³-hybridized carbons (Fsp3) is 0.412. The number of alkyl carbamates (subject to hydrolysis) is 1. The summed E-state index contributed by atoms with van der Waals surface area (Å²) in [5.74, 6) is 0.834. The summed E-state index contributed by atoms with van der Waals surface area (Å²) in [6.45, 7) is 4.47. The molecule has 16 nitrogen and oxygen atoms in total. The topological polar surface area (TPSA) is 204 Å². The second-order valence-electron chi connectivity index (χ2n) is 18.0. The van der Waals surface area contributed by atoms with E-state index < -0.39 is 36.5 Å². The number of aryl methyl sites for hydroxylation is 4. The number of imidazole rings is 2. The molecule has 12 rings (SSSR count). The first kappa shape index (κ1) is 45.4. The van der Waals surface area contributed by atoms with E-state index in [4.69, 9.17) is 24.2 Å². The lowest BCUT2D eigenvalue weighted by molar-refractivity contribution is -0.138. The van der Waals surface area contributed by atoms with Crippen LogP contribution < -0.4 is 10.6 Å². The lowest BCUT2D eigenvalue weighted by Gasteiger charge is -2.30. The number of hydrogen-bond donors (Lipinski definition) is 5. The van der Waals surface area contributed by atoms with Crippen LogP contribution in [-0.4, -0.2) is 118 Å². The molecule has 0 spiro atoms. The van der Waals surface area contributed by atoms with E-state index in [1.165, 1.54) is 54.7 Å². The first-order valence-electron chi connectivity index (χ1n) is 23.2. The third-order valence-corrected chi connectivity index (χ3v) is 14.0. The maximum absolute atomic E-state index is 13.9. The Bertz CT molecular complexity index is 2840.